The van der Waals surface area contributed by atoms with Gasteiger partial charge in [-0.1, -0.05) is 13.8 Å². The lowest BCUT2D eigenvalue weighted by atomic mass is 10.0. The van der Waals surface area contributed by atoms with Crippen LogP contribution in [-0.4, -0.2) is 68.2 Å². The van der Waals surface area contributed by atoms with Crippen molar-refractivity contribution >= 4 is 51.7 Å². The van der Waals surface area contributed by atoms with Gasteiger partial charge in [0.05, 0.1) is 12.3 Å². The van der Waals surface area contributed by atoms with Crippen LogP contribution in [0.5, 0.6) is 0 Å². The Bertz CT molecular complexity index is 481. The molecule has 1 atom stereocenters. The summed E-state index contributed by atoms with van der Waals surface area (Å²) >= 11 is 1.81. The fourth-order valence-electron chi connectivity index (χ4n) is 2.44. The van der Waals surface area contributed by atoms with Gasteiger partial charge in [-0.25, -0.2) is 12.7 Å². The van der Waals surface area contributed by atoms with Gasteiger partial charge in [0.2, 0.25) is 10.0 Å². The monoisotopic (exact) mass is 506 g/mol. The van der Waals surface area contributed by atoms with Crippen molar-refractivity contribution in [3.8, 4) is 0 Å². The van der Waals surface area contributed by atoms with Gasteiger partial charge in [-0.05, 0) is 32.6 Å². The summed E-state index contributed by atoms with van der Waals surface area (Å²) in [7, 11) is -3.19. The zero-order valence-corrected chi connectivity index (χ0v) is 19.9. The van der Waals surface area contributed by atoms with Crippen LogP contribution in [0.4, 0.5) is 0 Å². The maximum atomic E-state index is 12.3. The Morgan fingerprint density at radius 1 is 1.20 bits per heavy atom. The zero-order chi connectivity index (χ0) is 18.0. The van der Waals surface area contributed by atoms with E-state index >= 15 is 0 Å². The summed E-state index contributed by atoms with van der Waals surface area (Å²) in [5.41, 5.74) is 0. The quantitative estimate of drug-likeness (QED) is 0.286. The van der Waals surface area contributed by atoms with Crippen molar-refractivity contribution in [2.24, 2.45) is 10.9 Å². The molecule has 0 amide bonds. The van der Waals surface area contributed by atoms with Gasteiger partial charge in [-0.2, -0.15) is 11.8 Å². The number of thioether (sulfide) groups is 1. The molecule has 150 valence electrons. The van der Waals surface area contributed by atoms with Crippen molar-refractivity contribution in [2.75, 3.05) is 43.4 Å². The molecule has 25 heavy (non-hydrogen) atoms. The summed E-state index contributed by atoms with van der Waals surface area (Å²) in [6.07, 6.45) is 2.24. The molecule has 1 aliphatic heterocycles. The Morgan fingerprint density at radius 3 is 2.40 bits per heavy atom. The molecule has 1 heterocycles. The minimum absolute atomic E-state index is 0. The molecular formula is C16H35IN4O2S2. The summed E-state index contributed by atoms with van der Waals surface area (Å²) < 4.78 is 26.3. The summed E-state index contributed by atoms with van der Waals surface area (Å²) in [6.45, 7) is 10.9. The molecule has 1 rings (SSSR count). The van der Waals surface area contributed by atoms with Gasteiger partial charge in [0.1, 0.15) is 0 Å². The lowest BCUT2D eigenvalue weighted by molar-refractivity contribution is 0.443. The van der Waals surface area contributed by atoms with Crippen molar-refractivity contribution in [3.63, 3.8) is 0 Å². The van der Waals surface area contributed by atoms with E-state index in [1.54, 1.807) is 4.31 Å². The van der Waals surface area contributed by atoms with E-state index in [9.17, 15) is 8.42 Å². The Kier molecular flexibility index (Phi) is 13.6. The number of aliphatic imine (C=N–C) groups is 1. The first-order valence-electron chi connectivity index (χ1n) is 8.95. The fourth-order valence-corrected chi connectivity index (χ4v) is 4.89. The lowest BCUT2D eigenvalue weighted by Gasteiger charge is -2.25. The number of nitrogens with zero attached hydrogens (tertiary/aromatic N) is 2. The first-order chi connectivity index (χ1) is 11.3. The molecule has 0 aromatic rings. The van der Waals surface area contributed by atoms with Crippen molar-refractivity contribution in [2.45, 2.75) is 46.6 Å². The molecule has 0 radical (unpaired) electrons. The molecule has 9 heteroatoms. The molecule has 0 spiro atoms. The van der Waals surface area contributed by atoms with Gasteiger partial charge in [-0.3, -0.25) is 4.99 Å². The minimum atomic E-state index is -3.19. The molecule has 0 aromatic heterocycles. The molecule has 6 nitrogen and oxygen atoms in total. The number of hydrogen-bond acceptors (Lipinski definition) is 4. The topological polar surface area (TPSA) is 73.8 Å². The summed E-state index contributed by atoms with van der Waals surface area (Å²) in [5.74, 6) is 3.24. The second kappa shape index (κ2) is 13.4. The maximum absolute atomic E-state index is 12.3. The average Bonchev–Trinajstić information content (AvgIpc) is 2.54. The normalized spacial score (nSPS) is 17.9. The number of guanidine groups is 1. The number of sulfonamides is 1. The van der Waals surface area contributed by atoms with E-state index in [-0.39, 0.29) is 36.3 Å². The average molecular weight is 507 g/mol. The van der Waals surface area contributed by atoms with Crippen LogP contribution in [-0.2, 0) is 10.0 Å². The second-order valence-electron chi connectivity index (χ2n) is 6.60. The van der Waals surface area contributed by atoms with Gasteiger partial charge < -0.3 is 10.6 Å². The smallest absolute Gasteiger partial charge is 0.215 e. The van der Waals surface area contributed by atoms with E-state index in [0.29, 0.717) is 31.0 Å². The Hall–Kier alpha value is 0.260. The van der Waals surface area contributed by atoms with Gasteiger partial charge in [-0.15, -0.1) is 24.0 Å². The van der Waals surface area contributed by atoms with Gasteiger partial charge in [0.25, 0.3) is 0 Å². The van der Waals surface area contributed by atoms with E-state index in [4.69, 9.17) is 0 Å². The van der Waals surface area contributed by atoms with Crippen LogP contribution < -0.4 is 10.6 Å². The first-order valence-corrected chi connectivity index (χ1v) is 11.7. The van der Waals surface area contributed by atoms with Crippen LogP contribution in [0, 0.1) is 5.92 Å². The van der Waals surface area contributed by atoms with E-state index in [2.05, 4.69) is 36.4 Å². The molecule has 1 fully saturated rings. The third-order valence-corrected chi connectivity index (χ3v) is 6.68. The van der Waals surface area contributed by atoms with Crippen molar-refractivity contribution in [3.05, 3.63) is 0 Å². The van der Waals surface area contributed by atoms with E-state index < -0.39 is 10.0 Å². The molecule has 0 aromatic carbocycles. The van der Waals surface area contributed by atoms with Crippen molar-refractivity contribution in [1.82, 2.24) is 14.9 Å². The third-order valence-electron chi connectivity index (χ3n) is 3.89. The maximum Gasteiger partial charge on any atom is 0.215 e. The minimum Gasteiger partial charge on any atom is -0.357 e. The van der Waals surface area contributed by atoms with E-state index in [1.165, 1.54) is 0 Å². The molecular weight excluding hydrogens is 471 g/mol. The first kappa shape index (κ1) is 25.3. The number of hydrogen-bond donors (Lipinski definition) is 2. The SMILES string of the molecule is CCNC(=NCCS(=O)(=O)N1CCSCC1)NC(C)CCC(C)C.I. The summed E-state index contributed by atoms with van der Waals surface area (Å²) in [5, 5.41) is 6.56. The predicted octanol–water partition coefficient (Wildman–Crippen LogP) is 2.36. The predicted molar refractivity (Wildman–Crippen MR) is 121 cm³/mol. The highest BCUT2D eigenvalue weighted by Gasteiger charge is 2.23. The van der Waals surface area contributed by atoms with Crippen LogP contribution >= 0.6 is 35.7 Å². The molecule has 1 unspecified atom stereocenters. The van der Waals surface area contributed by atoms with Crippen LogP contribution in [0.3, 0.4) is 0 Å². The largest absolute Gasteiger partial charge is 0.357 e. The molecule has 0 aliphatic carbocycles. The number of nitrogens with one attached hydrogen (secondary N) is 2. The van der Waals surface area contributed by atoms with Crippen LogP contribution in [0.15, 0.2) is 4.99 Å². The highest BCUT2D eigenvalue weighted by Crippen LogP contribution is 2.13. The Labute approximate surface area is 175 Å². The fraction of sp³-hybridized carbons (Fsp3) is 0.938. The molecule has 2 N–H and O–H groups in total. The highest BCUT2D eigenvalue weighted by atomic mass is 127. The van der Waals surface area contributed by atoms with Crippen molar-refractivity contribution < 1.29 is 8.42 Å². The molecule has 1 aliphatic rings. The highest BCUT2D eigenvalue weighted by molar-refractivity contribution is 14.0. The molecule has 0 saturated carbocycles. The van der Waals surface area contributed by atoms with Gasteiger partial charge >= 0.3 is 0 Å². The van der Waals surface area contributed by atoms with E-state index in [1.807, 2.05) is 18.7 Å². The zero-order valence-electron chi connectivity index (χ0n) is 16.0. The van der Waals surface area contributed by atoms with E-state index in [0.717, 1.165) is 30.9 Å². The standard InChI is InChI=1S/C16H34N4O2S2.HI/c1-5-17-16(19-15(4)7-6-14(2)3)18-8-13-24(21,22)20-9-11-23-12-10-20;/h14-15H,5-13H2,1-4H3,(H2,17,18,19);1H. The number of halogens is 1. The molecule has 1 saturated heterocycles. The molecule has 0 bridgehead atoms. The Balaban J connectivity index is 0.00000576. The second-order valence-corrected chi connectivity index (χ2v) is 9.92. The lowest BCUT2D eigenvalue weighted by Crippen LogP contribution is -2.43. The van der Waals surface area contributed by atoms with Gasteiger partial charge in [0, 0.05) is 37.2 Å². The van der Waals surface area contributed by atoms with Crippen LogP contribution in [0.25, 0.3) is 0 Å². The Morgan fingerprint density at radius 2 is 1.84 bits per heavy atom. The third kappa shape index (κ3) is 10.9. The van der Waals surface area contributed by atoms with Crippen LogP contribution in [0.1, 0.15) is 40.5 Å². The van der Waals surface area contributed by atoms with Crippen LogP contribution in [0.2, 0.25) is 0 Å². The summed E-state index contributed by atoms with van der Waals surface area (Å²) in [4.78, 5) is 4.44. The van der Waals surface area contributed by atoms with Gasteiger partial charge in [0.15, 0.2) is 5.96 Å². The summed E-state index contributed by atoms with van der Waals surface area (Å²) in [6, 6.07) is 0.320. The number of rotatable bonds is 9. The van der Waals surface area contributed by atoms with Crippen molar-refractivity contribution in [1.29, 1.82) is 0 Å².